The number of aryl methyl sites for hydroxylation is 2. The molecule has 0 radical (unpaired) electrons. The fourth-order valence-electron chi connectivity index (χ4n) is 5.06. The standard InChI is InChI=1S/C35H38ClN3O5S/c1-5-37-35(41)33(22-27-10-7-6-8-11-27)38(23-28-12-9-13-30(21-28)44-4)34(40)24-39(32-19-16-29(36)20-26(32)3)45(42,43)31-17-14-25(2)15-18-31/h6-21,33H,5,22-24H2,1-4H3,(H,37,41)/t33-/m0/s1. The van der Waals surface area contributed by atoms with Crippen molar-refractivity contribution >= 4 is 39.1 Å². The van der Waals surface area contributed by atoms with Crippen LogP contribution in [0.2, 0.25) is 5.02 Å². The highest BCUT2D eigenvalue weighted by molar-refractivity contribution is 7.92. The summed E-state index contributed by atoms with van der Waals surface area (Å²) in [4.78, 5) is 29.6. The molecule has 2 amide bonds. The number of carbonyl (C=O) groups is 2. The van der Waals surface area contributed by atoms with Crippen molar-refractivity contribution in [3.8, 4) is 5.75 Å². The van der Waals surface area contributed by atoms with Gasteiger partial charge in [-0.05, 0) is 79.9 Å². The molecule has 45 heavy (non-hydrogen) atoms. The van der Waals surface area contributed by atoms with Crippen LogP contribution in [0.15, 0.2) is 102 Å². The molecular formula is C35H38ClN3O5S. The van der Waals surface area contributed by atoms with E-state index in [9.17, 15) is 18.0 Å². The maximum absolute atomic E-state index is 14.5. The molecule has 4 aromatic rings. The predicted molar refractivity (Wildman–Crippen MR) is 178 cm³/mol. The zero-order valence-corrected chi connectivity index (χ0v) is 27.4. The van der Waals surface area contributed by atoms with Crippen molar-refractivity contribution in [3.05, 3.63) is 124 Å². The van der Waals surface area contributed by atoms with Crippen molar-refractivity contribution in [1.82, 2.24) is 10.2 Å². The maximum atomic E-state index is 14.5. The number of amides is 2. The second-order valence-electron chi connectivity index (χ2n) is 10.7. The third-order valence-corrected chi connectivity index (χ3v) is 9.43. The summed E-state index contributed by atoms with van der Waals surface area (Å²) in [6, 6.07) is 27.0. The molecule has 1 N–H and O–H groups in total. The van der Waals surface area contributed by atoms with Crippen LogP contribution in [0.4, 0.5) is 5.69 Å². The van der Waals surface area contributed by atoms with E-state index in [2.05, 4.69) is 5.32 Å². The van der Waals surface area contributed by atoms with Crippen LogP contribution in [0.25, 0.3) is 0 Å². The molecule has 0 spiro atoms. The molecule has 1 atom stereocenters. The smallest absolute Gasteiger partial charge is 0.264 e. The summed E-state index contributed by atoms with van der Waals surface area (Å²) in [6.45, 7) is 5.28. The Morgan fingerprint density at radius 1 is 0.889 bits per heavy atom. The van der Waals surface area contributed by atoms with E-state index in [-0.39, 0.29) is 23.8 Å². The Morgan fingerprint density at radius 2 is 1.58 bits per heavy atom. The molecule has 4 aromatic carbocycles. The number of hydrogen-bond acceptors (Lipinski definition) is 5. The number of nitrogens with one attached hydrogen (secondary N) is 1. The van der Waals surface area contributed by atoms with Gasteiger partial charge >= 0.3 is 0 Å². The second kappa shape index (κ2) is 15.1. The lowest BCUT2D eigenvalue weighted by atomic mass is 10.0. The van der Waals surface area contributed by atoms with Gasteiger partial charge in [0.05, 0.1) is 17.7 Å². The summed E-state index contributed by atoms with van der Waals surface area (Å²) in [5, 5.41) is 3.31. The molecule has 4 rings (SSSR count). The van der Waals surface area contributed by atoms with Crippen molar-refractivity contribution < 1.29 is 22.7 Å². The molecular weight excluding hydrogens is 610 g/mol. The Morgan fingerprint density at radius 3 is 2.22 bits per heavy atom. The first-order chi connectivity index (χ1) is 21.5. The van der Waals surface area contributed by atoms with Crippen LogP contribution in [0.3, 0.4) is 0 Å². The molecule has 0 bridgehead atoms. The molecule has 0 fully saturated rings. The third-order valence-electron chi connectivity index (χ3n) is 7.42. The fraction of sp³-hybridized carbons (Fsp3) is 0.257. The first-order valence-corrected chi connectivity index (χ1v) is 16.4. The molecule has 0 aliphatic rings. The number of halogens is 1. The Hall–Kier alpha value is -4.34. The van der Waals surface area contributed by atoms with Crippen molar-refractivity contribution in [3.63, 3.8) is 0 Å². The van der Waals surface area contributed by atoms with Gasteiger partial charge in [0.15, 0.2) is 0 Å². The van der Waals surface area contributed by atoms with Crippen molar-refractivity contribution in [2.75, 3.05) is 24.5 Å². The molecule has 0 aliphatic heterocycles. The Kier molecular flexibility index (Phi) is 11.3. The average molecular weight is 648 g/mol. The summed E-state index contributed by atoms with van der Waals surface area (Å²) in [5.74, 6) is -0.291. The van der Waals surface area contributed by atoms with E-state index < -0.39 is 28.5 Å². The summed E-state index contributed by atoms with van der Waals surface area (Å²) in [6.07, 6.45) is 0.229. The number of methoxy groups -OCH3 is 1. The lowest BCUT2D eigenvalue weighted by molar-refractivity contribution is -0.140. The van der Waals surface area contributed by atoms with Crippen LogP contribution in [0.1, 0.15) is 29.2 Å². The number of likely N-dealkylation sites (N-methyl/N-ethyl adjacent to an activating group) is 1. The summed E-state index contributed by atoms with van der Waals surface area (Å²) in [5.41, 5.74) is 3.37. The lowest BCUT2D eigenvalue weighted by Crippen LogP contribution is -2.53. The Labute approximate surface area is 270 Å². The summed E-state index contributed by atoms with van der Waals surface area (Å²) in [7, 11) is -2.66. The molecule has 10 heteroatoms. The quantitative estimate of drug-likeness (QED) is 0.194. The van der Waals surface area contributed by atoms with Crippen LogP contribution >= 0.6 is 11.6 Å². The van der Waals surface area contributed by atoms with Crippen LogP contribution in [0.5, 0.6) is 5.75 Å². The molecule has 0 aromatic heterocycles. The average Bonchev–Trinajstić information content (AvgIpc) is 3.02. The van der Waals surface area contributed by atoms with Gasteiger partial charge in [-0.1, -0.05) is 71.8 Å². The van der Waals surface area contributed by atoms with E-state index in [1.165, 1.54) is 17.0 Å². The number of benzene rings is 4. The molecule has 8 nitrogen and oxygen atoms in total. The van der Waals surface area contributed by atoms with E-state index in [1.54, 1.807) is 62.6 Å². The number of anilines is 1. The van der Waals surface area contributed by atoms with Gasteiger partial charge in [0.1, 0.15) is 18.3 Å². The third kappa shape index (κ3) is 8.44. The largest absolute Gasteiger partial charge is 0.497 e. The lowest BCUT2D eigenvalue weighted by Gasteiger charge is -2.34. The number of ether oxygens (including phenoxy) is 1. The van der Waals surface area contributed by atoms with E-state index in [0.717, 1.165) is 21.0 Å². The normalized spacial score (nSPS) is 11.8. The number of hydrogen-bond donors (Lipinski definition) is 1. The fourth-order valence-corrected chi connectivity index (χ4v) is 6.77. The van der Waals surface area contributed by atoms with Gasteiger partial charge in [0, 0.05) is 24.5 Å². The molecule has 0 aliphatic carbocycles. The highest BCUT2D eigenvalue weighted by atomic mass is 35.5. The van der Waals surface area contributed by atoms with Crippen molar-refractivity contribution in [2.45, 2.75) is 44.7 Å². The van der Waals surface area contributed by atoms with Crippen molar-refractivity contribution in [1.29, 1.82) is 0 Å². The van der Waals surface area contributed by atoms with Crippen LogP contribution < -0.4 is 14.4 Å². The van der Waals surface area contributed by atoms with Gasteiger partial charge in [-0.25, -0.2) is 8.42 Å². The number of nitrogens with zero attached hydrogens (tertiary/aromatic N) is 2. The van der Waals surface area contributed by atoms with Gasteiger partial charge in [-0.3, -0.25) is 13.9 Å². The number of sulfonamides is 1. The highest BCUT2D eigenvalue weighted by Crippen LogP contribution is 2.30. The SMILES string of the molecule is CCNC(=O)[C@H](Cc1ccccc1)N(Cc1cccc(OC)c1)C(=O)CN(c1ccc(Cl)cc1C)S(=O)(=O)c1ccc(C)cc1. The van der Waals surface area contributed by atoms with Gasteiger partial charge in [-0.2, -0.15) is 0 Å². The Bertz CT molecular complexity index is 1730. The summed E-state index contributed by atoms with van der Waals surface area (Å²) < 4.78 is 34.9. The number of rotatable bonds is 13. The van der Waals surface area contributed by atoms with Gasteiger partial charge in [0.25, 0.3) is 10.0 Å². The van der Waals surface area contributed by atoms with E-state index in [0.29, 0.717) is 28.6 Å². The van der Waals surface area contributed by atoms with Gasteiger partial charge in [-0.15, -0.1) is 0 Å². The molecule has 0 saturated heterocycles. The zero-order chi connectivity index (χ0) is 32.6. The highest BCUT2D eigenvalue weighted by Gasteiger charge is 2.35. The molecule has 0 unspecified atom stereocenters. The van der Waals surface area contributed by atoms with Crippen LogP contribution in [-0.2, 0) is 32.6 Å². The molecule has 0 heterocycles. The Balaban J connectivity index is 1.83. The first-order valence-electron chi connectivity index (χ1n) is 14.6. The minimum absolute atomic E-state index is 0.0409. The minimum Gasteiger partial charge on any atom is -0.497 e. The predicted octanol–water partition coefficient (Wildman–Crippen LogP) is 5.94. The molecule has 0 saturated carbocycles. The second-order valence-corrected chi connectivity index (χ2v) is 13.0. The van der Waals surface area contributed by atoms with Crippen molar-refractivity contribution in [2.24, 2.45) is 0 Å². The first kappa shape index (κ1) is 33.6. The van der Waals surface area contributed by atoms with E-state index >= 15 is 0 Å². The van der Waals surface area contributed by atoms with Gasteiger partial charge in [0.2, 0.25) is 11.8 Å². The monoisotopic (exact) mass is 647 g/mol. The molecule has 236 valence electrons. The van der Waals surface area contributed by atoms with Gasteiger partial charge < -0.3 is 15.0 Å². The van der Waals surface area contributed by atoms with E-state index in [1.807, 2.05) is 50.2 Å². The van der Waals surface area contributed by atoms with E-state index in [4.69, 9.17) is 16.3 Å². The van der Waals surface area contributed by atoms with Crippen LogP contribution in [-0.4, -0.2) is 51.4 Å². The zero-order valence-electron chi connectivity index (χ0n) is 25.9. The minimum atomic E-state index is -4.21. The maximum Gasteiger partial charge on any atom is 0.264 e. The number of carbonyl (C=O) groups excluding carboxylic acids is 2. The topological polar surface area (TPSA) is 96.0 Å². The summed E-state index contributed by atoms with van der Waals surface area (Å²) >= 11 is 6.23. The van der Waals surface area contributed by atoms with Crippen LogP contribution in [0, 0.1) is 13.8 Å².